The maximum Gasteiger partial charge on any atom is 0.263 e. The van der Waals surface area contributed by atoms with Gasteiger partial charge in [0, 0.05) is 25.4 Å². The Morgan fingerprint density at radius 2 is 2.27 bits per heavy atom. The van der Waals surface area contributed by atoms with Crippen molar-refractivity contribution in [2.45, 2.75) is 32.3 Å². The molecule has 2 aliphatic heterocycles. The number of hydrogen-bond donors (Lipinski definition) is 0. The number of likely N-dealkylation sites (tertiary alicyclic amines) is 1. The lowest BCUT2D eigenvalue weighted by Crippen LogP contribution is -2.43. The third-order valence-corrected chi connectivity index (χ3v) is 6.43. The number of aryl methyl sites for hydroxylation is 1. The number of pyridine rings is 1. The minimum atomic E-state index is 0.110. The number of carbonyl (C=O) groups excluding carboxylic acids is 1. The summed E-state index contributed by atoms with van der Waals surface area (Å²) in [7, 11) is 0. The van der Waals surface area contributed by atoms with Crippen LogP contribution in [0.15, 0.2) is 35.8 Å². The maximum absolute atomic E-state index is 12.6. The number of piperidine rings is 1. The van der Waals surface area contributed by atoms with Gasteiger partial charge in [0.25, 0.3) is 5.91 Å². The SMILES string of the molecule is Cc1csc(C(=O)N2CCC3(CC2)COC(COc2ccccn2)C3)c1. The zero-order valence-corrected chi connectivity index (χ0v) is 15.8. The van der Waals surface area contributed by atoms with E-state index in [1.54, 1.807) is 17.5 Å². The molecule has 0 aliphatic carbocycles. The molecule has 2 aromatic rings. The van der Waals surface area contributed by atoms with Crippen molar-refractivity contribution in [2.24, 2.45) is 5.41 Å². The molecule has 0 aromatic carbocycles. The molecule has 6 heteroatoms. The molecule has 138 valence electrons. The molecule has 0 radical (unpaired) electrons. The Kier molecular flexibility index (Phi) is 4.96. The third-order valence-electron chi connectivity index (χ3n) is 5.39. The lowest BCUT2D eigenvalue weighted by atomic mass is 9.76. The maximum atomic E-state index is 12.6. The molecule has 2 aromatic heterocycles. The average Bonchev–Trinajstić information content (AvgIpc) is 3.28. The summed E-state index contributed by atoms with van der Waals surface area (Å²) in [5.74, 6) is 0.815. The first-order valence-electron chi connectivity index (χ1n) is 9.13. The molecule has 2 aliphatic rings. The van der Waals surface area contributed by atoms with Crippen LogP contribution in [0.2, 0.25) is 0 Å². The van der Waals surface area contributed by atoms with Crippen LogP contribution in [0.4, 0.5) is 0 Å². The molecule has 0 bridgehead atoms. The van der Waals surface area contributed by atoms with Crippen LogP contribution in [-0.4, -0.2) is 48.2 Å². The van der Waals surface area contributed by atoms with E-state index in [1.165, 1.54) is 0 Å². The molecule has 0 N–H and O–H groups in total. The molecule has 1 unspecified atom stereocenters. The smallest absolute Gasteiger partial charge is 0.263 e. The van der Waals surface area contributed by atoms with E-state index in [-0.39, 0.29) is 17.4 Å². The van der Waals surface area contributed by atoms with Crippen molar-refractivity contribution in [1.82, 2.24) is 9.88 Å². The number of aromatic nitrogens is 1. The highest BCUT2D eigenvalue weighted by Gasteiger charge is 2.43. The summed E-state index contributed by atoms with van der Waals surface area (Å²) in [4.78, 5) is 19.6. The second-order valence-electron chi connectivity index (χ2n) is 7.40. The summed E-state index contributed by atoms with van der Waals surface area (Å²) in [5, 5.41) is 2.04. The van der Waals surface area contributed by atoms with Gasteiger partial charge in [0.05, 0.1) is 17.6 Å². The molecule has 2 fully saturated rings. The monoisotopic (exact) mass is 372 g/mol. The van der Waals surface area contributed by atoms with Crippen LogP contribution in [0, 0.1) is 12.3 Å². The fourth-order valence-corrected chi connectivity index (χ4v) is 4.71. The van der Waals surface area contributed by atoms with Crippen molar-refractivity contribution >= 4 is 17.2 Å². The third kappa shape index (κ3) is 3.76. The summed E-state index contributed by atoms with van der Waals surface area (Å²) < 4.78 is 11.7. The fraction of sp³-hybridized carbons (Fsp3) is 0.500. The van der Waals surface area contributed by atoms with E-state index in [1.807, 2.05) is 41.5 Å². The van der Waals surface area contributed by atoms with Gasteiger partial charge in [-0.2, -0.15) is 0 Å². The van der Waals surface area contributed by atoms with Gasteiger partial charge in [0.15, 0.2) is 0 Å². The quantitative estimate of drug-likeness (QED) is 0.824. The molecule has 1 spiro atoms. The molecular formula is C20H24N2O3S. The zero-order valence-electron chi connectivity index (χ0n) is 15.0. The Balaban J connectivity index is 1.28. The number of hydrogen-bond acceptors (Lipinski definition) is 5. The lowest BCUT2D eigenvalue weighted by Gasteiger charge is -2.38. The lowest BCUT2D eigenvalue weighted by molar-refractivity contribution is 0.0425. The van der Waals surface area contributed by atoms with E-state index >= 15 is 0 Å². The summed E-state index contributed by atoms with van der Waals surface area (Å²) in [5.41, 5.74) is 1.35. The predicted molar refractivity (Wildman–Crippen MR) is 101 cm³/mol. The Morgan fingerprint density at radius 1 is 1.42 bits per heavy atom. The van der Waals surface area contributed by atoms with Gasteiger partial charge in [0.1, 0.15) is 6.61 Å². The van der Waals surface area contributed by atoms with E-state index in [4.69, 9.17) is 9.47 Å². The van der Waals surface area contributed by atoms with Crippen molar-refractivity contribution in [3.8, 4) is 5.88 Å². The summed E-state index contributed by atoms with van der Waals surface area (Å²) in [6, 6.07) is 7.64. The number of rotatable bonds is 4. The molecule has 2 saturated heterocycles. The van der Waals surface area contributed by atoms with Gasteiger partial charge in [-0.3, -0.25) is 4.79 Å². The van der Waals surface area contributed by atoms with Gasteiger partial charge in [-0.25, -0.2) is 4.98 Å². The van der Waals surface area contributed by atoms with Crippen LogP contribution in [0.1, 0.15) is 34.5 Å². The molecule has 4 rings (SSSR count). The topological polar surface area (TPSA) is 51.7 Å². The first-order chi connectivity index (χ1) is 12.6. The number of carbonyl (C=O) groups is 1. The zero-order chi connectivity index (χ0) is 18.0. The average molecular weight is 372 g/mol. The van der Waals surface area contributed by atoms with E-state index in [2.05, 4.69) is 4.98 Å². The highest BCUT2D eigenvalue weighted by atomic mass is 32.1. The standard InChI is InChI=1S/C20H24N2O3S/c1-15-10-17(26-13-15)19(23)22-8-5-20(6-9-22)11-16(25-14-20)12-24-18-4-2-3-7-21-18/h2-4,7,10,13,16H,5-6,8-9,11-12,14H2,1H3. The number of thiophene rings is 1. The molecule has 26 heavy (non-hydrogen) atoms. The Labute approximate surface area is 157 Å². The van der Waals surface area contributed by atoms with E-state index in [0.717, 1.165) is 49.4 Å². The second-order valence-corrected chi connectivity index (χ2v) is 8.31. The summed E-state index contributed by atoms with van der Waals surface area (Å²) in [6.07, 6.45) is 4.85. The largest absolute Gasteiger partial charge is 0.475 e. The second kappa shape index (κ2) is 7.37. The van der Waals surface area contributed by atoms with Crippen LogP contribution in [-0.2, 0) is 4.74 Å². The minimum absolute atomic E-state index is 0.110. The number of amides is 1. The van der Waals surface area contributed by atoms with Gasteiger partial charge < -0.3 is 14.4 Å². The van der Waals surface area contributed by atoms with Crippen LogP contribution in [0.3, 0.4) is 0 Å². The van der Waals surface area contributed by atoms with Crippen LogP contribution in [0.25, 0.3) is 0 Å². The highest BCUT2D eigenvalue weighted by molar-refractivity contribution is 7.12. The van der Waals surface area contributed by atoms with Crippen molar-refractivity contribution in [2.75, 3.05) is 26.3 Å². The Morgan fingerprint density at radius 3 is 2.96 bits per heavy atom. The first kappa shape index (κ1) is 17.5. The minimum Gasteiger partial charge on any atom is -0.475 e. The van der Waals surface area contributed by atoms with Gasteiger partial charge in [-0.15, -0.1) is 11.3 Å². The number of nitrogens with zero attached hydrogens (tertiary/aromatic N) is 2. The van der Waals surface area contributed by atoms with E-state index < -0.39 is 0 Å². The Hall–Kier alpha value is -1.92. The fourth-order valence-electron chi connectivity index (χ4n) is 3.85. The van der Waals surface area contributed by atoms with Crippen molar-refractivity contribution in [1.29, 1.82) is 0 Å². The normalized spacial score (nSPS) is 21.9. The van der Waals surface area contributed by atoms with E-state index in [9.17, 15) is 4.79 Å². The molecule has 4 heterocycles. The van der Waals surface area contributed by atoms with Crippen molar-refractivity contribution in [3.63, 3.8) is 0 Å². The van der Waals surface area contributed by atoms with Gasteiger partial charge in [-0.1, -0.05) is 6.07 Å². The first-order valence-corrected chi connectivity index (χ1v) is 10.0. The van der Waals surface area contributed by atoms with Gasteiger partial charge in [-0.05, 0) is 54.7 Å². The molecule has 1 amide bonds. The van der Waals surface area contributed by atoms with Crippen molar-refractivity contribution in [3.05, 3.63) is 46.3 Å². The molecule has 1 atom stereocenters. The van der Waals surface area contributed by atoms with Crippen molar-refractivity contribution < 1.29 is 14.3 Å². The molecule has 5 nitrogen and oxygen atoms in total. The Bertz CT molecular complexity index is 753. The summed E-state index contributed by atoms with van der Waals surface area (Å²) in [6.45, 7) is 4.96. The van der Waals surface area contributed by atoms with Crippen LogP contribution in [0.5, 0.6) is 5.88 Å². The van der Waals surface area contributed by atoms with Gasteiger partial charge >= 0.3 is 0 Å². The van der Waals surface area contributed by atoms with Gasteiger partial charge in [0.2, 0.25) is 5.88 Å². The number of ether oxygens (including phenoxy) is 2. The van der Waals surface area contributed by atoms with E-state index in [0.29, 0.717) is 12.5 Å². The molecule has 0 saturated carbocycles. The predicted octanol–water partition coefficient (Wildman–Crippen LogP) is 3.54. The van der Waals surface area contributed by atoms with Crippen LogP contribution >= 0.6 is 11.3 Å². The molecular weight excluding hydrogens is 348 g/mol. The highest BCUT2D eigenvalue weighted by Crippen LogP contribution is 2.42. The summed E-state index contributed by atoms with van der Waals surface area (Å²) >= 11 is 1.54. The van der Waals surface area contributed by atoms with Crippen LogP contribution < -0.4 is 4.74 Å².